The Bertz CT molecular complexity index is 1710. The highest BCUT2D eigenvalue weighted by atomic mass is 19.1. The van der Waals surface area contributed by atoms with Crippen molar-refractivity contribution < 1.29 is 18.4 Å². The quantitative estimate of drug-likeness (QED) is 0.235. The fourth-order valence-corrected chi connectivity index (χ4v) is 8.70. The third-order valence-electron chi connectivity index (χ3n) is 10.8. The molecule has 2 N–H and O–H groups in total. The zero-order valence-corrected chi connectivity index (χ0v) is 30.2. The molecule has 1 aromatic heterocycles. The number of nitrogens with zero attached hydrogens (tertiary/aromatic N) is 2. The molecule has 1 saturated heterocycles. The van der Waals surface area contributed by atoms with Crippen molar-refractivity contribution >= 4 is 22.7 Å². The molecule has 5 rings (SSSR count). The highest BCUT2D eigenvalue weighted by molar-refractivity contribution is 5.81. The lowest BCUT2D eigenvalue weighted by Crippen LogP contribution is -2.47. The van der Waals surface area contributed by atoms with Crippen LogP contribution in [-0.2, 0) is 16.1 Å². The second kappa shape index (κ2) is 14.7. The van der Waals surface area contributed by atoms with Crippen LogP contribution in [0.3, 0.4) is 0 Å². The minimum atomic E-state index is -0.639. The van der Waals surface area contributed by atoms with Crippen LogP contribution in [0, 0.1) is 34.8 Å². The van der Waals surface area contributed by atoms with E-state index in [-0.39, 0.29) is 34.4 Å². The normalized spacial score (nSPS) is 21.3. The first-order valence-electron chi connectivity index (χ1n) is 17.8. The average Bonchev–Trinajstić information content (AvgIpc) is 3.45. The smallest absolute Gasteiger partial charge is 0.252 e. The molecule has 2 amide bonds. The summed E-state index contributed by atoms with van der Waals surface area (Å²) in [6.45, 7) is 14.1. The predicted molar refractivity (Wildman–Crippen MR) is 191 cm³/mol. The summed E-state index contributed by atoms with van der Waals surface area (Å²) in [4.78, 5) is 46.2. The number of nitrogens with one attached hydrogen (secondary N) is 2. The third-order valence-corrected chi connectivity index (χ3v) is 10.8. The Balaban J connectivity index is 1.32. The van der Waals surface area contributed by atoms with Gasteiger partial charge in [-0.15, -0.1) is 0 Å². The number of aromatic nitrogens is 1. The van der Waals surface area contributed by atoms with Gasteiger partial charge in [0.2, 0.25) is 11.8 Å². The lowest BCUT2D eigenvalue weighted by Gasteiger charge is -2.42. The molecule has 2 aliphatic rings. The molecule has 1 saturated carbocycles. The lowest BCUT2D eigenvalue weighted by molar-refractivity contribution is -0.137. The largest absolute Gasteiger partial charge is 0.351 e. The van der Waals surface area contributed by atoms with E-state index in [2.05, 4.69) is 49.8 Å². The van der Waals surface area contributed by atoms with E-state index in [0.29, 0.717) is 55.4 Å². The number of aromatic amines is 1. The monoisotopic (exact) mass is 676 g/mol. The third kappa shape index (κ3) is 9.15. The molecule has 9 heteroatoms. The molecule has 0 spiro atoms. The van der Waals surface area contributed by atoms with Gasteiger partial charge in [0.05, 0.1) is 0 Å². The lowest BCUT2D eigenvalue weighted by atomic mass is 9.70. The van der Waals surface area contributed by atoms with E-state index in [1.54, 1.807) is 6.92 Å². The number of fused-ring (bicyclic) bond motifs is 1. The molecule has 1 aliphatic carbocycles. The number of hydrogen-bond acceptors (Lipinski definition) is 4. The SMILES string of the molecule is CC(=O)NC(C)(C)CC(CC(C)(C)C)C1CCN(C(=O)[C@@H]2CC(N(C)Cc3cc4ccccc4[nH]c3=O)C[C@H]2c2ccc(F)cc2F)CC1. The van der Waals surface area contributed by atoms with Crippen LogP contribution in [0.5, 0.6) is 0 Å². The van der Waals surface area contributed by atoms with E-state index >= 15 is 4.39 Å². The van der Waals surface area contributed by atoms with Crippen molar-refractivity contribution in [1.82, 2.24) is 20.1 Å². The van der Waals surface area contributed by atoms with E-state index in [0.717, 1.165) is 42.7 Å². The van der Waals surface area contributed by atoms with Gasteiger partial charge >= 0.3 is 0 Å². The Labute approximate surface area is 289 Å². The number of amides is 2. The number of halogens is 2. The molecule has 7 nitrogen and oxygen atoms in total. The molecule has 266 valence electrons. The number of hydrogen-bond donors (Lipinski definition) is 2. The van der Waals surface area contributed by atoms with Crippen LogP contribution in [0.2, 0.25) is 0 Å². The number of piperidine rings is 1. The average molecular weight is 677 g/mol. The van der Waals surface area contributed by atoms with Gasteiger partial charge in [-0.1, -0.05) is 45.0 Å². The molecule has 2 unspecified atom stereocenters. The van der Waals surface area contributed by atoms with E-state index in [9.17, 15) is 18.8 Å². The number of carbonyl (C=O) groups is 2. The maximum atomic E-state index is 15.3. The van der Waals surface area contributed by atoms with Gasteiger partial charge in [-0.25, -0.2) is 8.78 Å². The minimum absolute atomic E-state index is 0.0255. The first-order valence-corrected chi connectivity index (χ1v) is 17.8. The van der Waals surface area contributed by atoms with Gasteiger partial charge in [-0.05, 0) is 112 Å². The maximum Gasteiger partial charge on any atom is 0.252 e. The van der Waals surface area contributed by atoms with Crippen LogP contribution >= 0.6 is 0 Å². The summed E-state index contributed by atoms with van der Waals surface area (Å²) in [6.07, 6.45) is 4.70. The molecular weight excluding hydrogens is 622 g/mol. The molecule has 1 aliphatic heterocycles. The Kier molecular flexibility index (Phi) is 11.0. The molecule has 49 heavy (non-hydrogen) atoms. The number of benzene rings is 2. The Morgan fingerprint density at radius 3 is 2.35 bits per heavy atom. The summed E-state index contributed by atoms with van der Waals surface area (Å²) >= 11 is 0. The van der Waals surface area contributed by atoms with Crippen LogP contribution in [-0.4, -0.2) is 58.3 Å². The van der Waals surface area contributed by atoms with Gasteiger partial charge in [0, 0.05) is 61.2 Å². The maximum absolute atomic E-state index is 15.3. The first kappa shape index (κ1) is 36.7. The standard InChI is InChI=1S/C40H54F2N4O3/c1-25(47)44-40(5,6)23-29(22-39(2,3)4)26-14-16-46(17-15-26)38(49)34-21-31(20-33(34)32-13-12-30(41)19-35(32)42)45(7)24-28-18-27-10-8-9-11-36(27)43-37(28)48/h8-13,18-19,26,29,31,33-34H,14-17,20-24H2,1-7H3,(H,43,48)(H,44,47)/t29?,31?,33-,34+/m0/s1. The van der Waals surface area contributed by atoms with Gasteiger partial charge < -0.3 is 15.2 Å². The highest BCUT2D eigenvalue weighted by Crippen LogP contribution is 2.45. The number of para-hydroxylation sites is 1. The zero-order valence-electron chi connectivity index (χ0n) is 30.2. The van der Waals surface area contributed by atoms with Gasteiger partial charge in [0.1, 0.15) is 11.6 Å². The van der Waals surface area contributed by atoms with Crippen LogP contribution in [0.1, 0.15) is 97.1 Å². The van der Waals surface area contributed by atoms with Crippen molar-refractivity contribution in [1.29, 1.82) is 0 Å². The summed E-state index contributed by atoms with van der Waals surface area (Å²) in [5.41, 5.74) is 1.43. The van der Waals surface area contributed by atoms with Gasteiger partial charge in [-0.3, -0.25) is 19.3 Å². The van der Waals surface area contributed by atoms with Crippen molar-refractivity contribution in [2.45, 2.75) is 104 Å². The van der Waals surface area contributed by atoms with Crippen molar-refractivity contribution in [2.75, 3.05) is 20.1 Å². The topological polar surface area (TPSA) is 85.5 Å². The number of likely N-dealkylation sites (tertiary alicyclic amines) is 1. The zero-order chi connectivity index (χ0) is 35.7. The fraction of sp³-hybridized carbons (Fsp3) is 0.575. The molecule has 2 heterocycles. The molecule has 4 atom stereocenters. The van der Waals surface area contributed by atoms with Crippen molar-refractivity contribution in [3.63, 3.8) is 0 Å². The Morgan fingerprint density at radius 2 is 1.69 bits per heavy atom. The van der Waals surface area contributed by atoms with E-state index in [4.69, 9.17) is 0 Å². The summed E-state index contributed by atoms with van der Waals surface area (Å²) in [5, 5.41) is 4.07. The minimum Gasteiger partial charge on any atom is -0.351 e. The summed E-state index contributed by atoms with van der Waals surface area (Å²) in [6, 6.07) is 13.2. The summed E-state index contributed by atoms with van der Waals surface area (Å²) in [7, 11) is 1.95. The molecule has 0 bridgehead atoms. The van der Waals surface area contributed by atoms with Crippen LogP contribution in [0.4, 0.5) is 8.78 Å². The van der Waals surface area contributed by atoms with Crippen LogP contribution < -0.4 is 10.9 Å². The first-order chi connectivity index (χ1) is 23.0. The number of carbonyl (C=O) groups excluding carboxylic acids is 2. The number of H-pyrrole nitrogens is 1. The second-order valence-corrected chi connectivity index (χ2v) is 16.6. The van der Waals surface area contributed by atoms with E-state index in [1.165, 1.54) is 12.1 Å². The number of rotatable bonds is 10. The molecular formula is C40H54F2N4O3. The molecule has 2 fully saturated rings. The predicted octanol–water partition coefficient (Wildman–Crippen LogP) is 7.40. The van der Waals surface area contributed by atoms with Crippen molar-refractivity contribution in [3.8, 4) is 0 Å². The van der Waals surface area contributed by atoms with Crippen LogP contribution in [0.15, 0.2) is 53.3 Å². The Hall–Kier alpha value is -3.59. The van der Waals surface area contributed by atoms with Gasteiger partial charge in [0.25, 0.3) is 5.56 Å². The van der Waals surface area contributed by atoms with E-state index in [1.807, 2.05) is 42.3 Å². The fourth-order valence-electron chi connectivity index (χ4n) is 8.70. The molecule has 3 aromatic rings. The van der Waals surface area contributed by atoms with Gasteiger partial charge in [-0.2, -0.15) is 0 Å². The van der Waals surface area contributed by atoms with Gasteiger partial charge in [0.15, 0.2) is 0 Å². The highest BCUT2D eigenvalue weighted by Gasteiger charge is 2.44. The summed E-state index contributed by atoms with van der Waals surface area (Å²) < 4.78 is 29.3. The second-order valence-electron chi connectivity index (χ2n) is 16.6. The van der Waals surface area contributed by atoms with Crippen molar-refractivity contribution in [2.24, 2.45) is 23.2 Å². The van der Waals surface area contributed by atoms with Crippen molar-refractivity contribution in [3.05, 3.63) is 81.6 Å². The van der Waals surface area contributed by atoms with E-state index < -0.39 is 23.5 Å². The molecule has 0 radical (unpaired) electrons. The summed E-state index contributed by atoms with van der Waals surface area (Å²) in [5.74, 6) is -1.31. The molecule has 2 aromatic carbocycles. The Morgan fingerprint density at radius 1 is 1.00 bits per heavy atom. The number of pyridine rings is 1. The van der Waals surface area contributed by atoms with Crippen LogP contribution in [0.25, 0.3) is 10.9 Å².